The van der Waals surface area contributed by atoms with E-state index < -0.39 is 0 Å². The SMILES string of the molecule is Cc1ccc(NCc2cnc[nH]2)c(C)c1O. The van der Waals surface area contributed by atoms with Crippen molar-refractivity contribution in [2.45, 2.75) is 20.4 Å². The molecule has 2 rings (SSSR count). The molecule has 0 fully saturated rings. The Labute approximate surface area is 94.4 Å². The Morgan fingerprint density at radius 2 is 2.19 bits per heavy atom. The van der Waals surface area contributed by atoms with Crippen LogP contribution in [0.2, 0.25) is 0 Å². The first-order chi connectivity index (χ1) is 7.68. The fraction of sp³-hybridized carbons (Fsp3) is 0.250. The minimum atomic E-state index is 0.356. The zero-order valence-electron chi connectivity index (χ0n) is 9.41. The quantitative estimate of drug-likeness (QED) is 0.739. The summed E-state index contributed by atoms with van der Waals surface area (Å²) >= 11 is 0. The van der Waals surface area contributed by atoms with Crippen molar-refractivity contribution in [3.05, 3.63) is 41.5 Å². The molecule has 0 aliphatic rings. The minimum Gasteiger partial charge on any atom is -0.507 e. The Hall–Kier alpha value is -1.97. The van der Waals surface area contributed by atoms with Gasteiger partial charge in [-0.05, 0) is 25.5 Å². The number of nitrogens with one attached hydrogen (secondary N) is 2. The van der Waals surface area contributed by atoms with E-state index in [1.807, 2.05) is 26.0 Å². The van der Waals surface area contributed by atoms with Crippen LogP contribution in [0.4, 0.5) is 5.69 Å². The summed E-state index contributed by atoms with van der Waals surface area (Å²) < 4.78 is 0. The minimum absolute atomic E-state index is 0.356. The largest absolute Gasteiger partial charge is 0.507 e. The third kappa shape index (κ3) is 2.00. The maximum Gasteiger partial charge on any atom is 0.123 e. The van der Waals surface area contributed by atoms with Crippen molar-refractivity contribution in [3.8, 4) is 5.75 Å². The van der Waals surface area contributed by atoms with Gasteiger partial charge in [0.1, 0.15) is 5.75 Å². The van der Waals surface area contributed by atoms with Gasteiger partial charge in [0.25, 0.3) is 0 Å². The topological polar surface area (TPSA) is 60.9 Å². The number of nitrogens with zero attached hydrogens (tertiary/aromatic N) is 1. The highest BCUT2D eigenvalue weighted by molar-refractivity contribution is 5.59. The van der Waals surface area contributed by atoms with E-state index in [1.54, 1.807) is 12.5 Å². The summed E-state index contributed by atoms with van der Waals surface area (Å²) in [6, 6.07) is 3.87. The van der Waals surface area contributed by atoms with E-state index in [0.29, 0.717) is 12.3 Å². The Bertz CT molecular complexity index is 477. The number of imidazole rings is 1. The van der Waals surface area contributed by atoms with Crippen molar-refractivity contribution >= 4 is 5.69 Å². The summed E-state index contributed by atoms with van der Waals surface area (Å²) in [6.45, 7) is 4.46. The number of aromatic nitrogens is 2. The third-order valence-electron chi connectivity index (χ3n) is 2.66. The molecule has 4 heteroatoms. The Balaban J connectivity index is 2.13. The van der Waals surface area contributed by atoms with Crippen molar-refractivity contribution in [1.29, 1.82) is 0 Å². The van der Waals surface area contributed by atoms with Gasteiger partial charge in [-0.3, -0.25) is 0 Å². The second kappa shape index (κ2) is 4.26. The molecule has 2 aromatic rings. The summed E-state index contributed by atoms with van der Waals surface area (Å²) in [6.07, 6.45) is 3.42. The van der Waals surface area contributed by atoms with Crippen LogP contribution in [0.3, 0.4) is 0 Å². The number of aromatic amines is 1. The fourth-order valence-corrected chi connectivity index (χ4v) is 1.60. The van der Waals surface area contributed by atoms with Crippen LogP contribution in [-0.4, -0.2) is 15.1 Å². The van der Waals surface area contributed by atoms with Gasteiger partial charge in [-0.25, -0.2) is 4.98 Å². The first-order valence-corrected chi connectivity index (χ1v) is 5.19. The van der Waals surface area contributed by atoms with E-state index in [2.05, 4.69) is 15.3 Å². The van der Waals surface area contributed by atoms with Gasteiger partial charge in [0, 0.05) is 17.4 Å². The maximum absolute atomic E-state index is 9.78. The average molecular weight is 217 g/mol. The van der Waals surface area contributed by atoms with Crippen molar-refractivity contribution < 1.29 is 5.11 Å². The van der Waals surface area contributed by atoms with Crippen LogP contribution in [0.25, 0.3) is 0 Å². The van der Waals surface area contributed by atoms with Crippen molar-refractivity contribution in [1.82, 2.24) is 9.97 Å². The van der Waals surface area contributed by atoms with Crippen molar-refractivity contribution in [2.75, 3.05) is 5.32 Å². The van der Waals surface area contributed by atoms with Gasteiger partial charge in [-0.15, -0.1) is 0 Å². The summed E-state index contributed by atoms with van der Waals surface area (Å²) in [7, 11) is 0. The monoisotopic (exact) mass is 217 g/mol. The van der Waals surface area contributed by atoms with Crippen LogP contribution in [0, 0.1) is 13.8 Å². The fourth-order valence-electron chi connectivity index (χ4n) is 1.60. The molecule has 1 heterocycles. The molecule has 0 saturated carbocycles. The highest BCUT2D eigenvalue weighted by Crippen LogP contribution is 2.28. The van der Waals surface area contributed by atoms with E-state index in [4.69, 9.17) is 0 Å². The number of aryl methyl sites for hydroxylation is 1. The summed E-state index contributed by atoms with van der Waals surface area (Å²) in [5.74, 6) is 0.356. The van der Waals surface area contributed by atoms with E-state index in [-0.39, 0.29) is 0 Å². The van der Waals surface area contributed by atoms with Crippen molar-refractivity contribution in [3.63, 3.8) is 0 Å². The number of hydrogen-bond donors (Lipinski definition) is 3. The lowest BCUT2D eigenvalue weighted by atomic mass is 10.1. The molecule has 0 saturated heterocycles. The lowest BCUT2D eigenvalue weighted by Gasteiger charge is -2.11. The number of phenols is 1. The normalized spacial score (nSPS) is 10.4. The van der Waals surface area contributed by atoms with Gasteiger partial charge in [0.05, 0.1) is 18.6 Å². The Morgan fingerprint density at radius 3 is 2.88 bits per heavy atom. The molecular weight excluding hydrogens is 202 g/mol. The maximum atomic E-state index is 9.78. The lowest BCUT2D eigenvalue weighted by molar-refractivity contribution is 0.467. The zero-order valence-corrected chi connectivity index (χ0v) is 9.41. The predicted molar refractivity (Wildman–Crippen MR) is 63.5 cm³/mol. The molecule has 0 radical (unpaired) electrons. The van der Waals surface area contributed by atoms with Gasteiger partial charge in [-0.1, -0.05) is 6.07 Å². The van der Waals surface area contributed by atoms with Gasteiger partial charge in [0.15, 0.2) is 0 Å². The van der Waals surface area contributed by atoms with Gasteiger partial charge in [-0.2, -0.15) is 0 Å². The second-order valence-electron chi connectivity index (χ2n) is 3.83. The molecule has 0 bridgehead atoms. The molecule has 0 amide bonds. The molecule has 0 atom stereocenters. The van der Waals surface area contributed by atoms with Crippen LogP contribution in [0.15, 0.2) is 24.7 Å². The number of rotatable bonds is 3. The molecule has 1 aromatic heterocycles. The molecule has 4 nitrogen and oxygen atoms in total. The van der Waals surface area contributed by atoms with E-state index in [9.17, 15) is 5.11 Å². The smallest absolute Gasteiger partial charge is 0.123 e. The number of H-pyrrole nitrogens is 1. The summed E-state index contributed by atoms with van der Waals surface area (Å²) in [5.41, 5.74) is 3.72. The molecule has 3 N–H and O–H groups in total. The Kier molecular flexibility index (Phi) is 2.81. The van der Waals surface area contributed by atoms with Crippen molar-refractivity contribution in [2.24, 2.45) is 0 Å². The van der Waals surface area contributed by atoms with E-state index in [0.717, 1.165) is 22.5 Å². The highest BCUT2D eigenvalue weighted by atomic mass is 16.3. The van der Waals surface area contributed by atoms with Crippen LogP contribution in [0.5, 0.6) is 5.75 Å². The summed E-state index contributed by atoms with van der Waals surface area (Å²) in [5, 5.41) is 13.0. The summed E-state index contributed by atoms with van der Waals surface area (Å²) in [4.78, 5) is 6.96. The molecule has 16 heavy (non-hydrogen) atoms. The van der Waals surface area contributed by atoms with Gasteiger partial charge >= 0.3 is 0 Å². The molecule has 0 spiro atoms. The first kappa shape index (κ1) is 10.5. The molecule has 0 aliphatic carbocycles. The number of benzene rings is 1. The van der Waals surface area contributed by atoms with Gasteiger partial charge in [0.2, 0.25) is 0 Å². The van der Waals surface area contributed by atoms with Crippen LogP contribution >= 0.6 is 0 Å². The Morgan fingerprint density at radius 1 is 1.38 bits per heavy atom. The lowest BCUT2D eigenvalue weighted by Crippen LogP contribution is -2.01. The highest BCUT2D eigenvalue weighted by Gasteiger charge is 2.05. The average Bonchev–Trinajstić information content (AvgIpc) is 2.78. The molecule has 1 aromatic carbocycles. The second-order valence-corrected chi connectivity index (χ2v) is 3.83. The third-order valence-corrected chi connectivity index (χ3v) is 2.66. The van der Waals surface area contributed by atoms with Crippen LogP contribution in [0.1, 0.15) is 16.8 Å². The number of aromatic hydroxyl groups is 1. The van der Waals surface area contributed by atoms with Crippen LogP contribution < -0.4 is 5.32 Å². The zero-order chi connectivity index (χ0) is 11.5. The van der Waals surface area contributed by atoms with E-state index in [1.165, 1.54) is 0 Å². The first-order valence-electron chi connectivity index (χ1n) is 5.19. The van der Waals surface area contributed by atoms with Gasteiger partial charge < -0.3 is 15.4 Å². The number of phenolic OH excluding ortho intramolecular Hbond substituents is 1. The molecule has 0 aliphatic heterocycles. The van der Waals surface area contributed by atoms with Crippen LogP contribution in [-0.2, 0) is 6.54 Å². The number of anilines is 1. The molecule has 84 valence electrons. The molecular formula is C12H15N3O. The van der Waals surface area contributed by atoms with E-state index >= 15 is 0 Å². The predicted octanol–water partition coefficient (Wildman–Crippen LogP) is 2.34. The number of hydrogen-bond acceptors (Lipinski definition) is 3. The molecule has 0 unspecified atom stereocenters. The standard InChI is InChI=1S/C12H15N3O/c1-8-3-4-11(9(2)12(8)16)14-6-10-5-13-7-15-10/h3-5,7,14,16H,6H2,1-2H3,(H,13,15).